The lowest BCUT2D eigenvalue weighted by Crippen LogP contribution is -2.46. The zero-order valence-electron chi connectivity index (χ0n) is 12.8. The Hall–Kier alpha value is -0.570. The topological polar surface area (TPSA) is 46.3 Å². The van der Waals surface area contributed by atoms with Gasteiger partial charge in [-0.3, -0.25) is 4.79 Å². The molecule has 2 saturated carbocycles. The fourth-order valence-corrected chi connectivity index (χ4v) is 3.88. The zero-order valence-corrected chi connectivity index (χ0v) is 12.8. The van der Waals surface area contributed by atoms with E-state index in [2.05, 4.69) is 18.7 Å². The van der Waals surface area contributed by atoms with Crippen molar-refractivity contribution in [1.82, 2.24) is 4.90 Å². The third kappa shape index (κ3) is 3.50. The molecule has 0 aromatic carbocycles. The second-order valence-electron chi connectivity index (χ2n) is 7.02. The molecule has 0 spiro atoms. The molecule has 0 bridgehead atoms. The van der Waals surface area contributed by atoms with Gasteiger partial charge in [-0.25, -0.2) is 0 Å². The van der Waals surface area contributed by atoms with Gasteiger partial charge in [0.25, 0.3) is 0 Å². The van der Waals surface area contributed by atoms with Crippen LogP contribution in [0, 0.1) is 17.8 Å². The summed E-state index contributed by atoms with van der Waals surface area (Å²) < 4.78 is 0. The van der Waals surface area contributed by atoms with Gasteiger partial charge in [0.15, 0.2) is 0 Å². The summed E-state index contributed by atoms with van der Waals surface area (Å²) in [5, 5.41) is 0. The zero-order chi connectivity index (χ0) is 14.0. The third-order valence-electron chi connectivity index (χ3n) is 5.41. The molecule has 110 valence electrons. The van der Waals surface area contributed by atoms with Crippen LogP contribution in [-0.4, -0.2) is 29.9 Å². The molecule has 0 aromatic rings. The third-order valence-corrected chi connectivity index (χ3v) is 5.41. The van der Waals surface area contributed by atoms with Gasteiger partial charge in [-0.15, -0.1) is 0 Å². The van der Waals surface area contributed by atoms with E-state index in [1.165, 1.54) is 25.7 Å². The molecule has 3 heteroatoms. The highest BCUT2D eigenvalue weighted by Crippen LogP contribution is 2.33. The summed E-state index contributed by atoms with van der Waals surface area (Å²) in [6, 6.07) is 0.784. The molecular formula is C16H30N2O. The van der Waals surface area contributed by atoms with Crippen molar-refractivity contribution in [3.8, 4) is 0 Å². The van der Waals surface area contributed by atoms with Crippen LogP contribution in [0.25, 0.3) is 0 Å². The standard InChI is InChI=1S/C16H30N2O/c1-11-4-7-14(8-5-11)18(3)16(19)15-9-6-13(17)10-12(15)2/h11-15H,4-10,17H2,1-3H3. The molecule has 2 aliphatic rings. The van der Waals surface area contributed by atoms with Crippen LogP contribution in [0.1, 0.15) is 58.8 Å². The van der Waals surface area contributed by atoms with Crippen molar-refractivity contribution in [3.63, 3.8) is 0 Å². The van der Waals surface area contributed by atoms with E-state index in [9.17, 15) is 4.79 Å². The second kappa shape index (κ2) is 6.25. The van der Waals surface area contributed by atoms with Gasteiger partial charge in [-0.2, -0.15) is 0 Å². The van der Waals surface area contributed by atoms with Crippen molar-refractivity contribution in [2.45, 2.75) is 70.9 Å². The van der Waals surface area contributed by atoms with Crippen LogP contribution < -0.4 is 5.73 Å². The maximum atomic E-state index is 12.7. The first-order chi connectivity index (χ1) is 8.99. The number of carbonyl (C=O) groups excluding carboxylic acids is 1. The van der Waals surface area contributed by atoms with Gasteiger partial charge < -0.3 is 10.6 Å². The average Bonchev–Trinajstić information content (AvgIpc) is 2.38. The quantitative estimate of drug-likeness (QED) is 0.835. The Morgan fingerprint density at radius 2 is 1.68 bits per heavy atom. The van der Waals surface area contributed by atoms with Crippen LogP contribution in [0.2, 0.25) is 0 Å². The molecule has 0 heterocycles. The fourth-order valence-electron chi connectivity index (χ4n) is 3.88. The summed E-state index contributed by atoms with van der Waals surface area (Å²) in [7, 11) is 2.02. The Labute approximate surface area is 117 Å². The molecule has 3 nitrogen and oxygen atoms in total. The summed E-state index contributed by atoms with van der Waals surface area (Å²) in [6.45, 7) is 4.51. The largest absolute Gasteiger partial charge is 0.343 e. The van der Waals surface area contributed by atoms with Gasteiger partial charge >= 0.3 is 0 Å². The first kappa shape index (κ1) is 14.8. The molecular weight excluding hydrogens is 236 g/mol. The monoisotopic (exact) mass is 266 g/mol. The first-order valence-electron chi connectivity index (χ1n) is 8.01. The number of amides is 1. The van der Waals surface area contributed by atoms with Crippen molar-refractivity contribution < 1.29 is 4.79 Å². The summed E-state index contributed by atoms with van der Waals surface area (Å²) >= 11 is 0. The van der Waals surface area contributed by atoms with E-state index in [1.54, 1.807) is 0 Å². The van der Waals surface area contributed by atoms with Crippen LogP contribution in [0.5, 0.6) is 0 Å². The summed E-state index contributed by atoms with van der Waals surface area (Å²) in [4.78, 5) is 14.7. The van der Waals surface area contributed by atoms with Crippen molar-refractivity contribution in [2.75, 3.05) is 7.05 Å². The van der Waals surface area contributed by atoms with Crippen molar-refractivity contribution in [2.24, 2.45) is 23.5 Å². The van der Waals surface area contributed by atoms with Gasteiger partial charge in [-0.1, -0.05) is 13.8 Å². The Bertz CT molecular complexity index is 310. The van der Waals surface area contributed by atoms with Crippen LogP contribution in [-0.2, 0) is 4.79 Å². The highest BCUT2D eigenvalue weighted by Gasteiger charge is 2.35. The molecule has 2 aliphatic carbocycles. The van der Waals surface area contributed by atoms with Gasteiger partial charge in [0, 0.05) is 25.0 Å². The molecule has 0 saturated heterocycles. The van der Waals surface area contributed by atoms with E-state index in [0.29, 0.717) is 23.9 Å². The van der Waals surface area contributed by atoms with Crippen LogP contribution >= 0.6 is 0 Å². The molecule has 3 unspecified atom stereocenters. The molecule has 0 aromatic heterocycles. The van der Waals surface area contributed by atoms with Gasteiger partial charge in [0.2, 0.25) is 5.91 Å². The van der Waals surface area contributed by atoms with Crippen molar-refractivity contribution in [3.05, 3.63) is 0 Å². The maximum Gasteiger partial charge on any atom is 0.225 e. The summed E-state index contributed by atoms with van der Waals surface area (Å²) in [5.74, 6) is 1.87. The first-order valence-corrected chi connectivity index (χ1v) is 8.01. The van der Waals surface area contributed by atoms with E-state index in [1.807, 2.05) is 7.05 Å². The Morgan fingerprint density at radius 1 is 1.05 bits per heavy atom. The maximum absolute atomic E-state index is 12.7. The van der Waals surface area contributed by atoms with Crippen LogP contribution in [0.4, 0.5) is 0 Å². The van der Waals surface area contributed by atoms with E-state index in [-0.39, 0.29) is 5.92 Å². The molecule has 2 N–H and O–H groups in total. The molecule has 0 radical (unpaired) electrons. The number of hydrogen-bond donors (Lipinski definition) is 1. The van der Waals surface area contributed by atoms with E-state index in [0.717, 1.165) is 25.2 Å². The highest BCUT2D eigenvalue weighted by molar-refractivity contribution is 5.79. The Morgan fingerprint density at radius 3 is 2.26 bits per heavy atom. The number of rotatable bonds is 2. The molecule has 3 atom stereocenters. The van der Waals surface area contributed by atoms with E-state index >= 15 is 0 Å². The summed E-state index contributed by atoms with van der Waals surface area (Å²) in [6.07, 6.45) is 7.91. The average molecular weight is 266 g/mol. The predicted octanol–water partition coefficient (Wildman–Crippen LogP) is 2.79. The minimum Gasteiger partial charge on any atom is -0.343 e. The van der Waals surface area contributed by atoms with Gasteiger partial charge in [-0.05, 0) is 56.8 Å². The Kier molecular flexibility index (Phi) is 4.88. The molecule has 1 amide bonds. The minimum atomic E-state index is 0.212. The fraction of sp³-hybridized carbons (Fsp3) is 0.938. The number of carbonyl (C=O) groups is 1. The predicted molar refractivity (Wildman–Crippen MR) is 78.7 cm³/mol. The van der Waals surface area contributed by atoms with Gasteiger partial charge in [0.05, 0.1) is 0 Å². The second-order valence-corrected chi connectivity index (χ2v) is 7.02. The smallest absolute Gasteiger partial charge is 0.225 e. The van der Waals surface area contributed by atoms with E-state index < -0.39 is 0 Å². The molecule has 2 fully saturated rings. The minimum absolute atomic E-state index is 0.212. The number of nitrogens with zero attached hydrogens (tertiary/aromatic N) is 1. The Balaban J connectivity index is 1.91. The summed E-state index contributed by atoms with van der Waals surface area (Å²) in [5.41, 5.74) is 6.00. The van der Waals surface area contributed by atoms with Gasteiger partial charge in [0.1, 0.15) is 0 Å². The highest BCUT2D eigenvalue weighted by atomic mass is 16.2. The van der Waals surface area contributed by atoms with Crippen LogP contribution in [0.15, 0.2) is 0 Å². The lowest BCUT2D eigenvalue weighted by Gasteiger charge is -2.39. The van der Waals surface area contributed by atoms with Crippen molar-refractivity contribution >= 4 is 5.91 Å². The SMILES string of the molecule is CC1CCC(N(C)C(=O)C2CCC(N)CC2C)CC1. The van der Waals surface area contributed by atoms with E-state index in [4.69, 9.17) is 5.73 Å². The normalized spacial score (nSPS) is 39.9. The van der Waals surface area contributed by atoms with Crippen molar-refractivity contribution in [1.29, 1.82) is 0 Å². The number of hydrogen-bond acceptors (Lipinski definition) is 2. The lowest BCUT2D eigenvalue weighted by molar-refractivity contribution is -0.140. The molecule has 19 heavy (non-hydrogen) atoms. The van der Waals surface area contributed by atoms with Crippen LogP contribution in [0.3, 0.4) is 0 Å². The molecule has 0 aliphatic heterocycles. The molecule has 2 rings (SSSR count). The number of nitrogens with two attached hydrogens (primary N) is 1. The lowest BCUT2D eigenvalue weighted by atomic mass is 9.77.